The van der Waals surface area contributed by atoms with Crippen LogP contribution in [0.3, 0.4) is 0 Å². The predicted molar refractivity (Wildman–Crippen MR) is 94.6 cm³/mol. The second-order valence-electron chi connectivity index (χ2n) is 7.12. The average Bonchev–Trinajstić information content (AvgIpc) is 2.95. The quantitative estimate of drug-likeness (QED) is 0.850. The van der Waals surface area contributed by atoms with Gasteiger partial charge in [0.25, 0.3) is 5.91 Å². The standard InChI is InChI=1S/C19H28N2O3/c1-4-23-16-8-6-5-7-15(16)20-11-13-21(14-12-20)18(22)17-9-10-19(2,3)24-17/h5-8,17H,4,9-14H2,1-3H3. The summed E-state index contributed by atoms with van der Waals surface area (Å²) in [4.78, 5) is 16.9. The Morgan fingerprint density at radius 3 is 2.58 bits per heavy atom. The molecule has 1 unspecified atom stereocenters. The number of hydrogen-bond donors (Lipinski definition) is 0. The summed E-state index contributed by atoms with van der Waals surface area (Å²) in [5, 5.41) is 0. The molecule has 3 rings (SSSR count). The fourth-order valence-electron chi connectivity index (χ4n) is 3.52. The number of carbonyl (C=O) groups excluding carboxylic acids is 1. The summed E-state index contributed by atoms with van der Waals surface area (Å²) in [6.07, 6.45) is 1.52. The lowest BCUT2D eigenvalue weighted by molar-refractivity contribution is -0.146. The summed E-state index contributed by atoms with van der Waals surface area (Å²) < 4.78 is 11.6. The van der Waals surface area contributed by atoms with E-state index in [-0.39, 0.29) is 17.6 Å². The molecule has 132 valence electrons. The number of amides is 1. The molecular formula is C19H28N2O3. The first-order valence-corrected chi connectivity index (χ1v) is 8.93. The third-order valence-electron chi connectivity index (χ3n) is 4.84. The van der Waals surface area contributed by atoms with Crippen LogP contribution in [0.25, 0.3) is 0 Å². The van der Waals surface area contributed by atoms with Gasteiger partial charge < -0.3 is 19.3 Å². The number of carbonyl (C=O) groups is 1. The van der Waals surface area contributed by atoms with Crippen molar-refractivity contribution < 1.29 is 14.3 Å². The number of para-hydroxylation sites is 2. The van der Waals surface area contributed by atoms with Gasteiger partial charge in [0, 0.05) is 26.2 Å². The van der Waals surface area contributed by atoms with Crippen LogP contribution in [-0.4, -0.2) is 55.3 Å². The highest BCUT2D eigenvalue weighted by Crippen LogP contribution is 2.32. The number of hydrogen-bond acceptors (Lipinski definition) is 4. The van der Waals surface area contributed by atoms with Crippen molar-refractivity contribution >= 4 is 11.6 Å². The predicted octanol–water partition coefficient (Wildman–Crippen LogP) is 2.69. The first kappa shape index (κ1) is 17.1. The minimum absolute atomic E-state index is 0.151. The van der Waals surface area contributed by atoms with E-state index in [9.17, 15) is 4.79 Å². The zero-order chi connectivity index (χ0) is 17.2. The Balaban J connectivity index is 1.59. The molecule has 2 aliphatic rings. The summed E-state index contributed by atoms with van der Waals surface area (Å²) in [6, 6.07) is 8.12. The van der Waals surface area contributed by atoms with E-state index in [0.717, 1.165) is 50.5 Å². The normalized spacial score (nSPS) is 23.4. The Hall–Kier alpha value is -1.75. The molecule has 0 bridgehead atoms. The molecule has 2 aliphatic heterocycles. The van der Waals surface area contributed by atoms with Crippen molar-refractivity contribution in [3.05, 3.63) is 24.3 Å². The van der Waals surface area contributed by atoms with Gasteiger partial charge in [-0.25, -0.2) is 0 Å². The van der Waals surface area contributed by atoms with Gasteiger partial charge in [-0.2, -0.15) is 0 Å². The van der Waals surface area contributed by atoms with Gasteiger partial charge in [0.2, 0.25) is 0 Å². The maximum atomic E-state index is 12.7. The summed E-state index contributed by atoms with van der Waals surface area (Å²) in [5.74, 6) is 1.07. The van der Waals surface area contributed by atoms with Crippen LogP contribution >= 0.6 is 0 Å². The first-order valence-electron chi connectivity index (χ1n) is 8.93. The first-order chi connectivity index (χ1) is 11.5. The third kappa shape index (κ3) is 3.66. The molecule has 0 aliphatic carbocycles. The fourth-order valence-corrected chi connectivity index (χ4v) is 3.52. The molecule has 24 heavy (non-hydrogen) atoms. The monoisotopic (exact) mass is 332 g/mol. The molecule has 1 aromatic carbocycles. The van der Waals surface area contributed by atoms with E-state index in [0.29, 0.717) is 6.61 Å². The van der Waals surface area contributed by atoms with Gasteiger partial charge >= 0.3 is 0 Å². The SMILES string of the molecule is CCOc1ccccc1N1CCN(C(=O)C2CCC(C)(C)O2)CC1. The van der Waals surface area contributed by atoms with Gasteiger partial charge in [0.1, 0.15) is 11.9 Å². The Kier molecular flexibility index (Phi) is 4.99. The van der Waals surface area contributed by atoms with Crippen LogP contribution < -0.4 is 9.64 Å². The molecule has 5 nitrogen and oxygen atoms in total. The Labute approximate surface area is 144 Å². The Morgan fingerprint density at radius 2 is 1.96 bits per heavy atom. The lowest BCUT2D eigenvalue weighted by Crippen LogP contribution is -2.51. The van der Waals surface area contributed by atoms with Crippen molar-refractivity contribution in [2.24, 2.45) is 0 Å². The molecule has 5 heteroatoms. The van der Waals surface area contributed by atoms with E-state index in [1.165, 1.54) is 0 Å². The van der Waals surface area contributed by atoms with Gasteiger partial charge in [-0.1, -0.05) is 12.1 Å². The zero-order valence-corrected chi connectivity index (χ0v) is 15.0. The largest absolute Gasteiger partial charge is 0.492 e. The van der Waals surface area contributed by atoms with Crippen LogP contribution in [0.5, 0.6) is 5.75 Å². The number of ether oxygens (including phenoxy) is 2. The number of benzene rings is 1. The smallest absolute Gasteiger partial charge is 0.251 e. The molecule has 1 amide bonds. The van der Waals surface area contributed by atoms with E-state index in [1.807, 2.05) is 30.0 Å². The van der Waals surface area contributed by atoms with Crippen LogP contribution in [0.4, 0.5) is 5.69 Å². The molecular weight excluding hydrogens is 304 g/mol. The van der Waals surface area contributed by atoms with Gasteiger partial charge in [0.15, 0.2) is 0 Å². The highest BCUT2D eigenvalue weighted by atomic mass is 16.5. The van der Waals surface area contributed by atoms with Crippen LogP contribution in [-0.2, 0) is 9.53 Å². The lowest BCUT2D eigenvalue weighted by atomic mass is 10.1. The summed E-state index contributed by atoms with van der Waals surface area (Å²) in [6.45, 7) is 9.89. The fraction of sp³-hybridized carbons (Fsp3) is 0.632. The summed E-state index contributed by atoms with van der Waals surface area (Å²) in [7, 11) is 0. The topological polar surface area (TPSA) is 42.0 Å². The molecule has 2 saturated heterocycles. The molecule has 0 saturated carbocycles. The number of rotatable bonds is 4. The number of anilines is 1. The van der Waals surface area contributed by atoms with Gasteiger partial charge in [0.05, 0.1) is 17.9 Å². The van der Waals surface area contributed by atoms with Crippen LogP contribution in [0.1, 0.15) is 33.6 Å². The van der Waals surface area contributed by atoms with E-state index >= 15 is 0 Å². The second-order valence-corrected chi connectivity index (χ2v) is 7.12. The van der Waals surface area contributed by atoms with Crippen molar-refractivity contribution in [3.63, 3.8) is 0 Å². The maximum absolute atomic E-state index is 12.7. The molecule has 1 aromatic rings. The maximum Gasteiger partial charge on any atom is 0.251 e. The van der Waals surface area contributed by atoms with Gasteiger partial charge in [-0.05, 0) is 45.7 Å². The van der Waals surface area contributed by atoms with E-state index in [2.05, 4.69) is 24.8 Å². The van der Waals surface area contributed by atoms with E-state index < -0.39 is 0 Å². The van der Waals surface area contributed by atoms with Crippen molar-refractivity contribution in [2.45, 2.75) is 45.3 Å². The van der Waals surface area contributed by atoms with Crippen molar-refractivity contribution in [3.8, 4) is 5.75 Å². The summed E-state index contributed by atoms with van der Waals surface area (Å²) in [5.41, 5.74) is 0.947. The van der Waals surface area contributed by atoms with Crippen LogP contribution in [0.2, 0.25) is 0 Å². The molecule has 2 heterocycles. The number of piperazine rings is 1. The van der Waals surface area contributed by atoms with E-state index in [1.54, 1.807) is 0 Å². The number of nitrogens with zero attached hydrogens (tertiary/aromatic N) is 2. The molecule has 2 fully saturated rings. The molecule has 0 radical (unpaired) electrons. The lowest BCUT2D eigenvalue weighted by Gasteiger charge is -2.37. The molecule has 0 N–H and O–H groups in total. The highest BCUT2D eigenvalue weighted by molar-refractivity contribution is 5.81. The van der Waals surface area contributed by atoms with Crippen LogP contribution in [0.15, 0.2) is 24.3 Å². The Bertz CT molecular complexity index is 580. The van der Waals surface area contributed by atoms with Crippen molar-refractivity contribution in [1.82, 2.24) is 4.90 Å². The third-order valence-corrected chi connectivity index (χ3v) is 4.84. The van der Waals surface area contributed by atoms with Crippen molar-refractivity contribution in [1.29, 1.82) is 0 Å². The van der Waals surface area contributed by atoms with Gasteiger partial charge in [-0.3, -0.25) is 4.79 Å². The molecule has 1 atom stereocenters. The second kappa shape index (κ2) is 7.01. The summed E-state index contributed by atoms with van der Waals surface area (Å²) >= 11 is 0. The minimum Gasteiger partial charge on any atom is -0.492 e. The highest BCUT2D eigenvalue weighted by Gasteiger charge is 2.38. The van der Waals surface area contributed by atoms with Crippen LogP contribution in [0, 0.1) is 0 Å². The average molecular weight is 332 g/mol. The molecule has 0 spiro atoms. The van der Waals surface area contributed by atoms with Crippen molar-refractivity contribution in [2.75, 3.05) is 37.7 Å². The zero-order valence-electron chi connectivity index (χ0n) is 15.0. The minimum atomic E-state index is -0.262. The van der Waals surface area contributed by atoms with Gasteiger partial charge in [-0.15, -0.1) is 0 Å². The van der Waals surface area contributed by atoms with E-state index in [4.69, 9.17) is 9.47 Å². The molecule has 0 aromatic heterocycles. The Morgan fingerprint density at radius 1 is 1.25 bits per heavy atom.